The number of benzene rings is 2. The Hall–Kier alpha value is -1.18. The molecule has 0 radical (unpaired) electrons. The van der Waals surface area contributed by atoms with Gasteiger partial charge in [0.15, 0.2) is 0 Å². The molecule has 2 heteroatoms. The Morgan fingerprint density at radius 1 is 1.00 bits per heavy atom. The Morgan fingerprint density at radius 3 is 2.44 bits per heavy atom. The van der Waals surface area contributed by atoms with Gasteiger partial charge in [-0.3, -0.25) is 0 Å². The molecule has 0 aliphatic heterocycles. The van der Waals surface area contributed by atoms with Crippen LogP contribution in [0.1, 0.15) is 11.1 Å². The molecule has 0 saturated carbocycles. The van der Waals surface area contributed by atoms with E-state index in [-0.39, 0.29) is 0 Å². The summed E-state index contributed by atoms with van der Waals surface area (Å²) in [6, 6.07) is 17.9. The minimum Gasteiger partial charge on any atom is -0.0843 e. The lowest BCUT2D eigenvalue weighted by atomic mass is 10.0. The summed E-state index contributed by atoms with van der Waals surface area (Å²) in [7, 11) is 0. The topological polar surface area (TPSA) is 0 Å². The summed E-state index contributed by atoms with van der Waals surface area (Å²) in [6.45, 7) is 0. The normalized spacial score (nSPS) is 10.1. The van der Waals surface area contributed by atoms with Crippen molar-refractivity contribution in [2.24, 2.45) is 0 Å². The van der Waals surface area contributed by atoms with Gasteiger partial charge in [0.2, 0.25) is 0 Å². The van der Waals surface area contributed by atoms with Crippen LogP contribution in [0, 0.1) is 0 Å². The first kappa shape index (κ1) is 11.3. The maximum Gasteiger partial charge on any atom is 0.0408 e. The van der Waals surface area contributed by atoms with Crippen LogP contribution in [0.2, 0.25) is 5.02 Å². The fraction of sp³-hybridized carbons (Fsp3) is 0.0714. The average Bonchev–Trinajstić information content (AvgIpc) is 2.30. The predicted octanol–water partition coefficient (Wildman–Crippen LogP) is 4.30. The van der Waals surface area contributed by atoms with Gasteiger partial charge in [-0.05, 0) is 23.3 Å². The highest BCUT2D eigenvalue weighted by atomic mass is 35.5. The summed E-state index contributed by atoms with van der Waals surface area (Å²) in [5, 5.41) is 0.758. The van der Waals surface area contributed by atoms with Crippen LogP contribution in [-0.4, -0.2) is 4.86 Å². The second-order valence-corrected chi connectivity index (χ2v) is 4.53. The zero-order valence-corrected chi connectivity index (χ0v) is 10.3. The van der Waals surface area contributed by atoms with Gasteiger partial charge in [-0.2, -0.15) is 0 Å². The third-order valence-corrected chi connectivity index (χ3v) is 2.96. The van der Waals surface area contributed by atoms with E-state index in [1.54, 1.807) is 0 Å². The first-order chi connectivity index (χ1) is 7.75. The molecule has 0 saturated heterocycles. The van der Waals surface area contributed by atoms with Gasteiger partial charge in [0.25, 0.3) is 0 Å². The summed E-state index contributed by atoms with van der Waals surface area (Å²) in [5.74, 6) is 0. The van der Waals surface area contributed by atoms with E-state index in [1.807, 2.05) is 54.6 Å². The van der Waals surface area contributed by atoms with Gasteiger partial charge in [-0.25, -0.2) is 0 Å². The fourth-order valence-corrected chi connectivity index (χ4v) is 2.07. The molecule has 2 aromatic carbocycles. The largest absolute Gasteiger partial charge is 0.0843 e. The maximum atomic E-state index is 5.93. The molecule has 2 aromatic rings. The van der Waals surface area contributed by atoms with Crippen LogP contribution in [0.4, 0.5) is 0 Å². The highest BCUT2D eigenvalue weighted by molar-refractivity contribution is 7.80. The SMILES string of the molecule is S=C(Cc1cccc(Cl)c1)c1ccccc1. The van der Waals surface area contributed by atoms with Crippen LogP contribution in [-0.2, 0) is 6.42 Å². The molecule has 0 bridgehead atoms. The molecule has 0 aliphatic rings. The van der Waals surface area contributed by atoms with Gasteiger partial charge >= 0.3 is 0 Å². The van der Waals surface area contributed by atoms with Gasteiger partial charge < -0.3 is 0 Å². The number of rotatable bonds is 3. The molecule has 0 N–H and O–H groups in total. The summed E-state index contributed by atoms with van der Waals surface area (Å²) in [5.41, 5.74) is 2.26. The third-order valence-electron chi connectivity index (χ3n) is 2.35. The van der Waals surface area contributed by atoms with Crippen molar-refractivity contribution in [3.63, 3.8) is 0 Å². The highest BCUT2D eigenvalue weighted by Crippen LogP contribution is 2.13. The molecule has 0 aromatic heterocycles. The number of hydrogen-bond donors (Lipinski definition) is 0. The van der Waals surface area contributed by atoms with E-state index in [1.165, 1.54) is 0 Å². The van der Waals surface area contributed by atoms with Crippen LogP contribution in [0.15, 0.2) is 54.6 Å². The molecule has 0 aliphatic carbocycles. The minimum absolute atomic E-state index is 0.758. The van der Waals surface area contributed by atoms with E-state index in [2.05, 4.69) is 0 Å². The van der Waals surface area contributed by atoms with E-state index in [9.17, 15) is 0 Å². The fourth-order valence-electron chi connectivity index (χ4n) is 1.56. The minimum atomic E-state index is 0.758. The Bertz CT molecular complexity index is 491. The lowest BCUT2D eigenvalue weighted by Crippen LogP contribution is -2.01. The molecular weight excluding hydrogens is 236 g/mol. The zero-order chi connectivity index (χ0) is 11.4. The lowest BCUT2D eigenvalue weighted by molar-refractivity contribution is 1.35. The molecule has 2 rings (SSSR count). The van der Waals surface area contributed by atoms with Crippen molar-refractivity contribution in [2.75, 3.05) is 0 Å². The van der Waals surface area contributed by atoms with Crippen LogP contribution in [0.25, 0.3) is 0 Å². The third kappa shape index (κ3) is 2.91. The number of hydrogen-bond acceptors (Lipinski definition) is 1. The van der Waals surface area contributed by atoms with Gasteiger partial charge in [0.1, 0.15) is 0 Å². The van der Waals surface area contributed by atoms with Crippen molar-refractivity contribution in [1.29, 1.82) is 0 Å². The maximum absolute atomic E-state index is 5.93. The summed E-state index contributed by atoms with van der Waals surface area (Å²) < 4.78 is 0. The first-order valence-corrected chi connectivity index (χ1v) is 5.87. The Labute approximate surface area is 106 Å². The molecule has 0 nitrogen and oxygen atoms in total. The van der Waals surface area contributed by atoms with Crippen LogP contribution >= 0.6 is 23.8 Å². The van der Waals surface area contributed by atoms with Crippen LogP contribution < -0.4 is 0 Å². The summed E-state index contributed by atoms with van der Waals surface area (Å²) in [6.07, 6.45) is 0.764. The highest BCUT2D eigenvalue weighted by Gasteiger charge is 2.02. The van der Waals surface area contributed by atoms with Crippen molar-refractivity contribution >= 4 is 28.7 Å². The summed E-state index contributed by atoms with van der Waals surface area (Å²) >= 11 is 11.3. The Balaban J connectivity index is 2.14. The number of thiocarbonyl (C=S) groups is 1. The van der Waals surface area contributed by atoms with Gasteiger partial charge in [-0.15, -0.1) is 0 Å². The second kappa shape index (κ2) is 5.24. The van der Waals surface area contributed by atoms with E-state index in [0.717, 1.165) is 27.4 Å². The molecule has 0 fully saturated rings. The van der Waals surface area contributed by atoms with Crippen molar-refractivity contribution in [1.82, 2.24) is 0 Å². The van der Waals surface area contributed by atoms with Crippen molar-refractivity contribution in [2.45, 2.75) is 6.42 Å². The molecule has 0 atom stereocenters. The molecule has 0 spiro atoms. The van der Waals surface area contributed by atoms with E-state index >= 15 is 0 Å². The van der Waals surface area contributed by atoms with E-state index in [0.29, 0.717) is 0 Å². The van der Waals surface area contributed by atoms with Crippen LogP contribution in [0.5, 0.6) is 0 Å². The Kier molecular flexibility index (Phi) is 3.70. The smallest absolute Gasteiger partial charge is 0.0408 e. The summed E-state index contributed by atoms with van der Waals surface area (Å²) in [4.78, 5) is 0.947. The molecule has 0 heterocycles. The zero-order valence-electron chi connectivity index (χ0n) is 8.69. The Morgan fingerprint density at radius 2 is 1.75 bits per heavy atom. The van der Waals surface area contributed by atoms with Crippen molar-refractivity contribution < 1.29 is 0 Å². The van der Waals surface area contributed by atoms with Crippen molar-refractivity contribution in [3.05, 3.63) is 70.7 Å². The standard InChI is InChI=1S/C14H11ClS/c15-13-8-4-5-11(9-13)10-14(16)12-6-2-1-3-7-12/h1-9H,10H2. The molecule has 80 valence electrons. The van der Waals surface area contributed by atoms with E-state index < -0.39 is 0 Å². The quantitative estimate of drug-likeness (QED) is 0.575. The monoisotopic (exact) mass is 246 g/mol. The average molecular weight is 247 g/mol. The predicted molar refractivity (Wildman–Crippen MR) is 73.3 cm³/mol. The van der Waals surface area contributed by atoms with Gasteiger partial charge in [0, 0.05) is 16.3 Å². The van der Waals surface area contributed by atoms with Crippen LogP contribution in [0.3, 0.4) is 0 Å². The molecular formula is C14H11ClS. The van der Waals surface area contributed by atoms with Gasteiger partial charge in [0.05, 0.1) is 0 Å². The first-order valence-electron chi connectivity index (χ1n) is 5.08. The molecule has 0 unspecified atom stereocenters. The molecule has 16 heavy (non-hydrogen) atoms. The lowest BCUT2D eigenvalue weighted by Gasteiger charge is -2.04. The van der Waals surface area contributed by atoms with Gasteiger partial charge in [-0.1, -0.05) is 66.3 Å². The van der Waals surface area contributed by atoms with Crippen molar-refractivity contribution in [3.8, 4) is 0 Å². The second-order valence-electron chi connectivity index (χ2n) is 3.60. The molecule has 0 amide bonds. The number of halogens is 1. The van der Waals surface area contributed by atoms with E-state index in [4.69, 9.17) is 23.8 Å².